The Morgan fingerprint density at radius 1 is 1.06 bits per heavy atom. The summed E-state index contributed by atoms with van der Waals surface area (Å²) in [6.45, 7) is 4.20. The molecule has 2 N–H and O–H groups in total. The maximum atomic E-state index is 5.79. The van der Waals surface area contributed by atoms with Crippen molar-refractivity contribution < 1.29 is 0 Å². The molecule has 0 saturated heterocycles. The average Bonchev–Trinajstić information content (AvgIpc) is 2.30. The van der Waals surface area contributed by atoms with Crippen molar-refractivity contribution >= 4 is 5.82 Å². The number of nitrogen functional groups attached to an aromatic ring is 1. The first-order valence-corrected chi connectivity index (χ1v) is 5.37. The number of nitrogens with zero attached hydrogens (tertiary/aromatic N) is 2. The van der Waals surface area contributed by atoms with Crippen molar-refractivity contribution in [3.63, 3.8) is 0 Å². The van der Waals surface area contributed by atoms with E-state index in [9.17, 15) is 0 Å². The number of rotatable bonds is 2. The number of nitrogens with two attached hydrogens (primary N) is 1. The zero-order valence-corrected chi connectivity index (χ0v) is 9.51. The Morgan fingerprint density at radius 2 is 1.75 bits per heavy atom. The van der Waals surface area contributed by atoms with Gasteiger partial charge in [-0.3, -0.25) is 0 Å². The van der Waals surface area contributed by atoms with Crippen molar-refractivity contribution in [2.24, 2.45) is 0 Å². The van der Waals surface area contributed by atoms with E-state index in [1.54, 1.807) is 0 Å². The van der Waals surface area contributed by atoms with Gasteiger partial charge in [0.1, 0.15) is 5.82 Å². The van der Waals surface area contributed by atoms with Gasteiger partial charge in [-0.2, -0.15) is 0 Å². The van der Waals surface area contributed by atoms with Crippen molar-refractivity contribution in [1.82, 2.24) is 10.2 Å². The normalized spacial score (nSPS) is 10.7. The predicted molar refractivity (Wildman–Crippen MR) is 66.0 cm³/mol. The van der Waals surface area contributed by atoms with Crippen molar-refractivity contribution in [2.75, 3.05) is 5.73 Å². The lowest BCUT2D eigenvalue weighted by Gasteiger charge is -2.09. The van der Waals surface area contributed by atoms with E-state index in [1.165, 1.54) is 0 Å². The van der Waals surface area contributed by atoms with Gasteiger partial charge < -0.3 is 5.73 Å². The lowest BCUT2D eigenvalue weighted by molar-refractivity contribution is 0.850. The highest BCUT2D eigenvalue weighted by Crippen LogP contribution is 2.24. The molecule has 1 heterocycles. The lowest BCUT2D eigenvalue weighted by Crippen LogP contribution is -2.02. The predicted octanol–water partition coefficient (Wildman–Crippen LogP) is 2.85. The molecule has 82 valence electrons. The highest BCUT2D eigenvalue weighted by atomic mass is 15.1. The average molecular weight is 213 g/mol. The molecule has 0 saturated carbocycles. The van der Waals surface area contributed by atoms with Crippen molar-refractivity contribution in [2.45, 2.75) is 19.8 Å². The van der Waals surface area contributed by atoms with E-state index in [1.807, 2.05) is 36.4 Å². The number of aromatic nitrogens is 2. The van der Waals surface area contributed by atoms with Crippen LogP contribution < -0.4 is 5.73 Å². The van der Waals surface area contributed by atoms with Gasteiger partial charge in [0, 0.05) is 11.1 Å². The maximum absolute atomic E-state index is 5.79. The smallest absolute Gasteiger partial charge is 0.149 e. The van der Waals surface area contributed by atoms with Crippen LogP contribution in [0.25, 0.3) is 11.3 Å². The van der Waals surface area contributed by atoms with Gasteiger partial charge in [0.2, 0.25) is 0 Å². The van der Waals surface area contributed by atoms with E-state index < -0.39 is 0 Å². The van der Waals surface area contributed by atoms with Crippen LogP contribution in [0.15, 0.2) is 36.4 Å². The summed E-state index contributed by atoms with van der Waals surface area (Å²) < 4.78 is 0. The molecule has 16 heavy (non-hydrogen) atoms. The Balaban J connectivity index is 2.48. The van der Waals surface area contributed by atoms with Crippen LogP contribution >= 0.6 is 0 Å². The zero-order chi connectivity index (χ0) is 11.5. The van der Waals surface area contributed by atoms with Gasteiger partial charge in [-0.15, -0.1) is 10.2 Å². The van der Waals surface area contributed by atoms with Gasteiger partial charge in [0.15, 0.2) is 0 Å². The van der Waals surface area contributed by atoms with E-state index in [-0.39, 0.29) is 0 Å². The second-order valence-corrected chi connectivity index (χ2v) is 4.09. The number of benzene rings is 1. The topological polar surface area (TPSA) is 51.8 Å². The first-order valence-electron chi connectivity index (χ1n) is 5.37. The van der Waals surface area contributed by atoms with Gasteiger partial charge in [-0.05, 0) is 12.0 Å². The van der Waals surface area contributed by atoms with Crippen LogP contribution in [-0.2, 0) is 0 Å². The van der Waals surface area contributed by atoms with Crippen LogP contribution in [0.3, 0.4) is 0 Å². The molecule has 2 rings (SSSR count). The van der Waals surface area contributed by atoms with Crippen molar-refractivity contribution in [1.29, 1.82) is 0 Å². The Morgan fingerprint density at radius 3 is 2.38 bits per heavy atom. The van der Waals surface area contributed by atoms with Crippen LogP contribution in [-0.4, -0.2) is 10.2 Å². The quantitative estimate of drug-likeness (QED) is 0.834. The third kappa shape index (κ3) is 2.03. The number of anilines is 1. The Labute approximate surface area is 95.3 Å². The number of hydrogen-bond acceptors (Lipinski definition) is 3. The summed E-state index contributed by atoms with van der Waals surface area (Å²) in [5.74, 6) is 0.882. The minimum absolute atomic E-state index is 0.359. The standard InChI is InChI=1S/C13H15N3/c1-9(2)11-8-12(15-16-13(11)14)10-6-4-3-5-7-10/h3-9H,1-2H3,(H2,14,16). The SMILES string of the molecule is CC(C)c1cc(-c2ccccc2)nnc1N. The molecule has 0 unspecified atom stereocenters. The maximum Gasteiger partial charge on any atom is 0.149 e. The molecule has 0 radical (unpaired) electrons. The molecular formula is C13H15N3. The summed E-state index contributed by atoms with van der Waals surface area (Å²) >= 11 is 0. The summed E-state index contributed by atoms with van der Waals surface area (Å²) in [6, 6.07) is 12.0. The summed E-state index contributed by atoms with van der Waals surface area (Å²) in [6.07, 6.45) is 0. The van der Waals surface area contributed by atoms with Crippen LogP contribution in [0.4, 0.5) is 5.82 Å². The minimum atomic E-state index is 0.359. The van der Waals surface area contributed by atoms with Gasteiger partial charge in [-0.1, -0.05) is 44.2 Å². The lowest BCUT2D eigenvalue weighted by atomic mass is 10.0. The molecule has 0 atom stereocenters. The van der Waals surface area contributed by atoms with E-state index in [0.29, 0.717) is 11.7 Å². The third-order valence-electron chi connectivity index (χ3n) is 2.55. The highest BCUT2D eigenvalue weighted by molar-refractivity contribution is 5.61. The van der Waals surface area contributed by atoms with Crippen molar-refractivity contribution in [3.05, 3.63) is 42.0 Å². The Hall–Kier alpha value is -1.90. The molecule has 1 aromatic heterocycles. The summed E-state index contributed by atoms with van der Waals surface area (Å²) in [5, 5.41) is 8.12. The highest BCUT2D eigenvalue weighted by Gasteiger charge is 2.08. The first-order chi connectivity index (χ1) is 7.68. The van der Waals surface area contributed by atoms with E-state index in [0.717, 1.165) is 16.8 Å². The second kappa shape index (κ2) is 4.31. The van der Waals surface area contributed by atoms with Gasteiger partial charge in [0.25, 0.3) is 0 Å². The minimum Gasteiger partial charge on any atom is -0.382 e. The molecule has 0 aliphatic heterocycles. The fraction of sp³-hybridized carbons (Fsp3) is 0.231. The fourth-order valence-corrected chi connectivity index (χ4v) is 1.63. The fourth-order valence-electron chi connectivity index (χ4n) is 1.63. The molecule has 3 heteroatoms. The van der Waals surface area contributed by atoms with Gasteiger partial charge in [0.05, 0.1) is 5.69 Å². The molecule has 0 bridgehead atoms. The molecule has 3 nitrogen and oxygen atoms in total. The largest absolute Gasteiger partial charge is 0.382 e. The van der Waals surface area contributed by atoms with Crippen LogP contribution in [0.5, 0.6) is 0 Å². The van der Waals surface area contributed by atoms with Crippen molar-refractivity contribution in [3.8, 4) is 11.3 Å². The first kappa shape index (κ1) is 10.6. The monoisotopic (exact) mass is 213 g/mol. The van der Waals surface area contributed by atoms with E-state index in [2.05, 4.69) is 24.0 Å². The van der Waals surface area contributed by atoms with Crippen LogP contribution in [0.2, 0.25) is 0 Å². The van der Waals surface area contributed by atoms with E-state index >= 15 is 0 Å². The van der Waals surface area contributed by atoms with Crippen LogP contribution in [0.1, 0.15) is 25.3 Å². The zero-order valence-electron chi connectivity index (χ0n) is 9.51. The number of hydrogen-bond donors (Lipinski definition) is 1. The Bertz CT molecular complexity index is 478. The van der Waals surface area contributed by atoms with Gasteiger partial charge in [-0.25, -0.2) is 0 Å². The second-order valence-electron chi connectivity index (χ2n) is 4.09. The molecule has 2 aromatic rings. The summed E-state index contributed by atoms with van der Waals surface area (Å²) in [5.41, 5.74) is 8.78. The Kier molecular flexibility index (Phi) is 2.86. The summed E-state index contributed by atoms with van der Waals surface area (Å²) in [4.78, 5) is 0. The summed E-state index contributed by atoms with van der Waals surface area (Å²) in [7, 11) is 0. The molecule has 1 aromatic carbocycles. The molecule has 0 amide bonds. The van der Waals surface area contributed by atoms with Crippen LogP contribution in [0, 0.1) is 0 Å². The molecule has 0 fully saturated rings. The third-order valence-corrected chi connectivity index (χ3v) is 2.55. The molecule has 0 spiro atoms. The van der Waals surface area contributed by atoms with E-state index in [4.69, 9.17) is 5.73 Å². The van der Waals surface area contributed by atoms with Gasteiger partial charge >= 0.3 is 0 Å². The molecule has 0 aliphatic rings. The molecular weight excluding hydrogens is 198 g/mol. The molecule has 0 aliphatic carbocycles.